The smallest absolute Gasteiger partial charge is 0.256 e. The Morgan fingerprint density at radius 1 is 1.13 bits per heavy atom. The van der Waals surface area contributed by atoms with Gasteiger partial charge in [-0.1, -0.05) is 32.0 Å². The van der Waals surface area contributed by atoms with E-state index in [0.29, 0.717) is 11.1 Å². The van der Waals surface area contributed by atoms with Gasteiger partial charge in [0, 0.05) is 11.6 Å². The van der Waals surface area contributed by atoms with E-state index in [0.717, 1.165) is 5.39 Å². The van der Waals surface area contributed by atoms with Crippen LogP contribution in [0.4, 0.5) is 0 Å². The van der Waals surface area contributed by atoms with E-state index in [1.54, 1.807) is 19.4 Å². The van der Waals surface area contributed by atoms with Gasteiger partial charge in [0.1, 0.15) is 5.75 Å². The first-order valence-electron chi connectivity index (χ1n) is 4.97. The molecule has 0 amide bonds. The molecule has 0 unspecified atom stereocenters. The minimum absolute atomic E-state index is 0.0867. The van der Waals surface area contributed by atoms with Gasteiger partial charge < -0.3 is 9.72 Å². The monoisotopic (exact) mass is 205 g/mol. The third kappa shape index (κ3) is 2.18. The number of benzene rings is 1. The molecular formula is C12H15NO2. The number of nitrogens with one attached hydrogen (secondary N) is 1. The first kappa shape index (κ1) is 11.3. The molecule has 0 fully saturated rings. The lowest BCUT2D eigenvalue weighted by Crippen LogP contribution is -2.05. The molecule has 0 spiro atoms. The molecule has 15 heavy (non-hydrogen) atoms. The quantitative estimate of drug-likeness (QED) is 0.777. The zero-order valence-electron chi connectivity index (χ0n) is 9.20. The normalized spacial score (nSPS) is 9.27. The highest BCUT2D eigenvalue weighted by molar-refractivity contribution is 5.86. The van der Waals surface area contributed by atoms with Gasteiger partial charge in [0.2, 0.25) is 0 Å². The molecule has 1 heterocycles. The third-order valence-electron chi connectivity index (χ3n) is 1.99. The summed E-state index contributed by atoms with van der Waals surface area (Å²) in [6, 6.07) is 7.35. The zero-order valence-corrected chi connectivity index (χ0v) is 9.20. The summed E-state index contributed by atoms with van der Waals surface area (Å²) in [4.78, 5) is 13.9. The summed E-state index contributed by atoms with van der Waals surface area (Å²) in [7, 11) is 1.58. The van der Waals surface area contributed by atoms with E-state index in [1.165, 1.54) is 0 Å². The Labute approximate surface area is 88.7 Å². The summed E-state index contributed by atoms with van der Waals surface area (Å²) in [5.74, 6) is 0.690. The number of H-pyrrole nitrogens is 1. The van der Waals surface area contributed by atoms with Crippen LogP contribution in [0.3, 0.4) is 0 Å². The van der Waals surface area contributed by atoms with Crippen molar-refractivity contribution in [3.63, 3.8) is 0 Å². The van der Waals surface area contributed by atoms with Gasteiger partial charge in [-0.25, -0.2) is 0 Å². The molecular weight excluding hydrogens is 190 g/mol. The van der Waals surface area contributed by atoms with Crippen molar-refractivity contribution in [3.05, 3.63) is 40.8 Å². The highest BCUT2D eigenvalue weighted by Gasteiger charge is 2.02. The van der Waals surface area contributed by atoms with E-state index in [2.05, 4.69) is 4.98 Å². The largest absolute Gasteiger partial charge is 0.495 e. The lowest BCUT2D eigenvalue weighted by Gasteiger charge is -2.02. The van der Waals surface area contributed by atoms with Crippen molar-refractivity contribution >= 4 is 10.8 Å². The SMILES string of the molecule is CC.COc1c[nH]c(=O)c2ccccc12. The van der Waals surface area contributed by atoms with E-state index in [-0.39, 0.29) is 5.56 Å². The summed E-state index contributed by atoms with van der Waals surface area (Å²) in [5, 5.41) is 1.50. The van der Waals surface area contributed by atoms with Crippen molar-refractivity contribution in [1.29, 1.82) is 0 Å². The molecule has 1 aromatic heterocycles. The Morgan fingerprint density at radius 3 is 2.33 bits per heavy atom. The molecule has 1 aromatic carbocycles. The average Bonchev–Trinajstić information content (AvgIpc) is 2.33. The number of rotatable bonds is 1. The molecule has 0 saturated heterocycles. The molecule has 0 saturated carbocycles. The Morgan fingerprint density at radius 2 is 1.73 bits per heavy atom. The molecule has 2 rings (SSSR count). The number of ether oxygens (including phenoxy) is 1. The second-order valence-corrected chi connectivity index (χ2v) is 2.73. The number of methoxy groups -OCH3 is 1. The molecule has 2 aromatic rings. The van der Waals surface area contributed by atoms with E-state index in [1.807, 2.05) is 32.0 Å². The Kier molecular flexibility index (Phi) is 3.92. The van der Waals surface area contributed by atoms with Crippen LogP contribution in [0.15, 0.2) is 35.3 Å². The molecule has 1 N–H and O–H groups in total. The number of aromatic amines is 1. The fraction of sp³-hybridized carbons (Fsp3) is 0.250. The Hall–Kier alpha value is -1.77. The van der Waals surface area contributed by atoms with Gasteiger partial charge in [0.15, 0.2) is 0 Å². The predicted octanol–water partition coefficient (Wildman–Crippen LogP) is 2.56. The Bertz CT molecular complexity index is 488. The highest BCUT2D eigenvalue weighted by atomic mass is 16.5. The van der Waals surface area contributed by atoms with Gasteiger partial charge in [-0.15, -0.1) is 0 Å². The molecule has 3 heteroatoms. The number of hydrogen-bond donors (Lipinski definition) is 1. The second-order valence-electron chi connectivity index (χ2n) is 2.73. The van der Waals surface area contributed by atoms with Crippen molar-refractivity contribution in [2.75, 3.05) is 7.11 Å². The van der Waals surface area contributed by atoms with Gasteiger partial charge in [-0.2, -0.15) is 0 Å². The minimum atomic E-state index is -0.0867. The maximum Gasteiger partial charge on any atom is 0.256 e. The maximum atomic E-state index is 11.3. The molecule has 0 aliphatic carbocycles. The fourth-order valence-corrected chi connectivity index (χ4v) is 1.35. The average molecular weight is 205 g/mol. The summed E-state index contributed by atoms with van der Waals surface area (Å²) >= 11 is 0. The van der Waals surface area contributed by atoms with Crippen molar-refractivity contribution < 1.29 is 4.74 Å². The molecule has 0 aliphatic rings. The standard InChI is InChI=1S/C10H9NO2.C2H6/c1-13-9-6-11-10(12)8-5-3-2-4-7(8)9;1-2/h2-6H,1H3,(H,11,12);1-2H3. The summed E-state index contributed by atoms with van der Waals surface area (Å²) in [6.07, 6.45) is 1.57. The number of aromatic nitrogens is 1. The summed E-state index contributed by atoms with van der Waals surface area (Å²) in [5.41, 5.74) is -0.0867. The molecule has 3 nitrogen and oxygen atoms in total. The topological polar surface area (TPSA) is 42.1 Å². The summed E-state index contributed by atoms with van der Waals surface area (Å²) in [6.45, 7) is 4.00. The van der Waals surface area contributed by atoms with Crippen molar-refractivity contribution in [1.82, 2.24) is 4.98 Å². The zero-order chi connectivity index (χ0) is 11.3. The number of hydrogen-bond acceptors (Lipinski definition) is 2. The molecule has 0 radical (unpaired) electrons. The fourth-order valence-electron chi connectivity index (χ4n) is 1.35. The van der Waals surface area contributed by atoms with Crippen LogP contribution in [0.5, 0.6) is 5.75 Å². The Balaban J connectivity index is 0.000000531. The van der Waals surface area contributed by atoms with E-state index >= 15 is 0 Å². The van der Waals surface area contributed by atoms with Crippen molar-refractivity contribution in [2.45, 2.75) is 13.8 Å². The minimum Gasteiger partial charge on any atom is -0.495 e. The van der Waals surface area contributed by atoms with Crippen molar-refractivity contribution in [3.8, 4) is 5.75 Å². The van der Waals surface area contributed by atoms with Crippen LogP contribution >= 0.6 is 0 Å². The molecule has 80 valence electrons. The van der Waals surface area contributed by atoms with E-state index in [4.69, 9.17) is 4.74 Å². The molecule has 0 bridgehead atoms. The lowest BCUT2D eigenvalue weighted by molar-refractivity contribution is 0.418. The lowest BCUT2D eigenvalue weighted by atomic mass is 10.2. The molecule has 0 aliphatic heterocycles. The van der Waals surface area contributed by atoms with E-state index in [9.17, 15) is 4.79 Å². The first-order valence-corrected chi connectivity index (χ1v) is 4.97. The van der Waals surface area contributed by atoms with E-state index < -0.39 is 0 Å². The predicted molar refractivity (Wildman–Crippen MR) is 62.5 cm³/mol. The van der Waals surface area contributed by atoms with Crippen LogP contribution in [0.25, 0.3) is 10.8 Å². The maximum absolute atomic E-state index is 11.3. The second kappa shape index (κ2) is 5.20. The van der Waals surface area contributed by atoms with Crippen LogP contribution in [0.1, 0.15) is 13.8 Å². The van der Waals surface area contributed by atoms with Gasteiger partial charge in [0.05, 0.1) is 12.5 Å². The van der Waals surface area contributed by atoms with Crippen LogP contribution in [-0.2, 0) is 0 Å². The third-order valence-corrected chi connectivity index (χ3v) is 1.99. The van der Waals surface area contributed by atoms with Gasteiger partial charge >= 0.3 is 0 Å². The summed E-state index contributed by atoms with van der Waals surface area (Å²) < 4.78 is 5.11. The van der Waals surface area contributed by atoms with Crippen LogP contribution in [-0.4, -0.2) is 12.1 Å². The number of fused-ring (bicyclic) bond motifs is 1. The first-order chi connectivity index (χ1) is 7.33. The molecule has 0 atom stereocenters. The van der Waals surface area contributed by atoms with Crippen LogP contribution in [0, 0.1) is 0 Å². The highest BCUT2D eigenvalue weighted by Crippen LogP contribution is 2.20. The van der Waals surface area contributed by atoms with Crippen LogP contribution in [0.2, 0.25) is 0 Å². The van der Waals surface area contributed by atoms with Gasteiger partial charge in [-0.05, 0) is 6.07 Å². The number of pyridine rings is 1. The van der Waals surface area contributed by atoms with Crippen molar-refractivity contribution in [2.24, 2.45) is 0 Å². The van der Waals surface area contributed by atoms with Gasteiger partial charge in [0.25, 0.3) is 5.56 Å². The van der Waals surface area contributed by atoms with Crippen LogP contribution < -0.4 is 10.3 Å². The van der Waals surface area contributed by atoms with Gasteiger partial charge in [-0.3, -0.25) is 4.79 Å².